The Hall–Kier alpha value is -2.16. The fourth-order valence-electron chi connectivity index (χ4n) is 2.36. The van der Waals surface area contributed by atoms with E-state index in [2.05, 4.69) is 25.0 Å². The van der Waals surface area contributed by atoms with Crippen LogP contribution in [0.1, 0.15) is 0 Å². The zero-order valence-electron chi connectivity index (χ0n) is 18.9. The molecule has 0 saturated heterocycles. The first-order valence-electron chi connectivity index (χ1n) is 10.3. The molecule has 0 unspecified atom stereocenters. The Kier molecular flexibility index (Phi) is 13.6. The Morgan fingerprint density at radius 3 is 1.75 bits per heavy atom. The number of nitrogens with zero attached hydrogens (tertiary/aromatic N) is 2. The van der Waals surface area contributed by atoms with Crippen molar-refractivity contribution in [2.45, 2.75) is 19.6 Å². The molecule has 0 aliphatic carbocycles. The fraction of sp³-hybridized carbons (Fsp3) is 0.684. The van der Waals surface area contributed by atoms with E-state index in [9.17, 15) is 20.2 Å². The maximum absolute atomic E-state index is 11.1. The van der Waals surface area contributed by atoms with E-state index in [1.807, 2.05) is 0 Å². The third-order valence-corrected chi connectivity index (χ3v) is 4.90. The van der Waals surface area contributed by atoms with E-state index in [1.54, 1.807) is 0 Å². The average Bonchev–Trinajstić information content (AvgIpc) is 2.72. The molecule has 0 atom stereocenters. The van der Waals surface area contributed by atoms with Crippen LogP contribution in [-0.2, 0) is 23.4 Å². The van der Waals surface area contributed by atoms with Crippen LogP contribution >= 0.6 is 0 Å². The van der Waals surface area contributed by atoms with Gasteiger partial charge in [0.05, 0.1) is 75.4 Å². The van der Waals surface area contributed by atoms with Crippen LogP contribution in [0.4, 0.5) is 17.1 Å². The predicted molar refractivity (Wildman–Crippen MR) is 121 cm³/mol. The molecule has 0 aliphatic rings. The number of hydrogen-bond donors (Lipinski definition) is 1. The second-order valence-electron chi connectivity index (χ2n) is 7.55. The molecule has 0 aliphatic heterocycles. The first kappa shape index (κ1) is 27.9. The number of nitrogens with one attached hydrogen (secondary N) is 1. The molecule has 0 bridgehead atoms. The van der Waals surface area contributed by atoms with Gasteiger partial charge < -0.3 is 28.7 Å². The number of nitro groups is 2. The molecule has 0 spiro atoms. The van der Waals surface area contributed by atoms with Gasteiger partial charge in [-0.25, -0.2) is 0 Å². The third kappa shape index (κ3) is 13.3. The number of rotatable bonds is 19. The van der Waals surface area contributed by atoms with Gasteiger partial charge in [0.15, 0.2) is 8.32 Å². The Labute approximate surface area is 188 Å². The highest BCUT2D eigenvalue weighted by atomic mass is 28.4. The lowest BCUT2D eigenvalue weighted by Crippen LogP contribution is -2.27. The summed E-state index contributed by atoms with van der Waals surface area (Å²) in [5, 5.41) is 24.6. The van der Waals surface area contributed by atoms with E-state index < -0.39 is 18.2 Å². The normalized spacial score (nSPS) is 11.5. The van der Waals surface area contributed by atoms with Crippen LogP contribution < -0.4 is 5.32 Å². The summed E-state index contributed by atoms with van der Waals surface area (Å²) in [6.45, 7) is 10.8. The number of benzene rings is 1. The summed E-state index contributed by atoms with van der Waals surface area (Å²) in [7, 11) is -1.48. The van der Waals surface area contributed by atoms with E-state index in [0.29, 0.717) is 66.0 Å². The fourth-order valence-corrected chi connectivity index (χ4v) is 3.06. The maximum Gasteiger partial charge on any atom is 0.299 e. The Morgan fingerprint density at radius 2 is 1.28 bits per heavy atom. The molecule has 0 radical (unpaired) electrons. The van der Waals surface area contributed by atoms with Crippen LogP contribution in [-0.4, -0.2) is 84.2 Å². The van der Waals surface area contributed by atoms with Crippen molar-refractivity contribution in [3.8, 4) is 0 Å². The van der Waals surface area contributed by atoms with E-state index in [4.69, 9.17) is 23.4 Å². The molecule has 0 aromatic heterocycles. The first-order valence-corrected chi connectivity index (χ1v) is 13.7. The molecule has 13 heteroatoms. The van der Waals surface area contributed by atoms with Crippen LogP contribution in [0.2, 0.25) is 19.6 Å². The quantitative estimate of drug-likeness (QED) is 0.137. The van der Waals surface area contributed by atoms with Crippen molar-refractivity contribution in [1.29, 1.82) is 0 Å². The zero-order valence-corrected chi connectivity index (χ0v) is 19.9. The van der Waals surface area contributed by atoms with Gasteiger partial charge >= 0.3 is 0 Å². The first-order chi connectivity index (χ1) is 15.2. The molecular weight excluding hydrogens is 442 g/mol. The Bertz CT molecular complexity index is 701. The molecule has 0 heterocycles. The molecule has 1 rings (SSSR count). The summed E-state index contributed by atoms with van der Waals surface area (Å²) in [6.07, 6.45) is 0. The highest BCUT2D eigenvalue weighted by Crippen LogP contribution is 2.28. The van der Waals surface area contributed by atoms with Gasteiger partial charge in [-0.1, -0.05) is 0 Å². The van der Waals surface area contributed by atoms with Crippen molar-refractivity contribution >= 4 is 25.4 Å². The standard InChI is InChI=1S/C19H33N3O9Si/c1-32(2,3)31-15-14-30-13-12-29-11-10-28-9-8-27-7-6-20-18-5-4-17(21(23)24)16-19(18)22(25)26/h4-5,16,20H,6-15H2,1-3H3. The number of nitro benzene ring substituents is 2. The average molecular weight is 476 g/mol. The van der Waals surface area contributed by atoms with Gasteiger partial charge in [0.1, 0.15) is 5.69 Å². The van der Waals surface area contributed by atoms with E-state index >= 15 is 0 Å². The molecule has 0 fully saturated rings. The molecule has 12 nitrogen and oxygen atoms in total. The summed E-state index contributed by atoms with van der Waals surface area (Å²) in [6, 6.07) is 3.45. The second-order valence-corrected chi connectivity index (χ2v) is 12.1. The Morgan fingerprint density at radius 1 is 0.781 bits per heavy atom. The van der Waals surface area contributed by atoms with Crippen molar-refractivity contribution in [2.75, 3.05) is 71.3 Å². The second kappa shape index (κ2) is 15.6. The van der Waals surface area contributed by atoms with Crippen LogP contribution in [0.5, 0.6) is 0 Å². The minimum Gasteiger partial charge on any atom is -0.415 e. The minimum atomic E-state index is -1.48. The summed E-state index contributed by atoms with van der Waals surface area (Å²) < 4.78 is 27.3. The van der Waals surface area contributed by atoms with E-state index in [0.717, 1.165) is 6.07 Å². The van der Waals surface area contributed by atoms with Crippen molar-refractivity contribution in [3.63, 3.8) is 0 Å². The lowest BCUT2D eigenvalue weighted by atomic mass is 10.2. The van der Waals surface area contributed by atoms with Gasteiger partial charge in [0.25, 0.3) is 11.4 Å². The highest BCUT2D eigenvalue weighted by molar-refractivity contribution is 6.69. The number of anilines is 1. The van der Waals surface area contributed by atoms with Gasteiger partial charge in [0.2, 0.25) is 0 Å². The number of non-ortho nitro benzene ring substituents is 1. The molecule has 1 aromatic carbocycles. The monoisotopic (exact) mass is 475 g/mol. The molecule has 1 N–H and O–H groups in total. The minimum absolute atomic E-state index is 0.199. The van der Waals surface area contributed by atoms with Crippen molar-refractivity contribution in [3.05, 3.63) is 38.4 Å². The lowest BCUT2D eigenvalue weighted by Gasteiger charge is -2.16. The smallest absolute Gasteiger partial charge is 0.299 e. The lowest BCUT2D eigenvalue weighted by molar-refractivity contribution is -0.393. The van der Waals surface area contributed by atoms with Crippen molar-refractivity contribution in [1.82, 2.24) is 0 Å². The predicted octanol–water partition coefficient (Wildman–Crippen LogP) is 2.83. The van der Waals surface area contributed by atoms with E-state index in [1.165, 1.54) is 12.1 Å². The summed E-state index contributed by atoms with van der Waals surface area (Å²) >= 11 is 0. The van der Waals surface area contributed by atoms with Gasteiger partial charge in [-0.2, -0.15) is 0 Å². The van der Waals surface area contributed by atoms with Gasteiger partial charge in [-0.15, -0.1) is 0 Å². The molecule has 182 valence electrons. The topological polar surface area (TPSA) is 144 Å². The van der Waals surface area contributed by atoms with Gasteiger partial charge in [-0.3, -0.25) is 20.2 Å². The van der Waals surface area contributed by atoms with Gasteiger partial charge in [-0.05, 0) is 25.7 Å². The molecule has 1 aromatic rings. The Balaban J connectivity index is 1.98. The SMILES string of the molecule is C[Si](C)(C)OCCOCCOCCOCCOCCNc1ccc([N+](=O)[O-])cc1[N+](=O)[O-]. The van der Waals surface area contributed by atoms with Crippen LogP contribution in [0.3, 0.4) is 0 Å². The van der Waals surface area contributed by atoms with Crippen molar-refractivity contribution in [2.24, 2.45) is 0 Å². The zero-order chi connectivity index (χ0) is 23.8. The highest BCUT2D eigenvalue weighted by Gasteiger charge is 2.19. The maximum atomic E-state index is 11.1. The third-order valence-electron chi connectivity index (χ3n) is 3.83. The van der Waals surface area contributed by atoms with Crippen LogP contribution in [0.25, 0.3) is 0 Å². The van der Waals surface area contributed by atoms with E-state index in [-0.39, 0.29) is 17.1 Å². The molecular formula is C19H33N3O9Si. The van der Waals surface area contributed by atoms with Crippen LogP contribution in [0, 0.1) is 20.2 Å². The summed E-state index contributed by atoms with van der Waals surface area (Å²) in [5.41, 5.74) is -0.489. The van der Waals surface area contributed by atoms with Gasteiger partial charge in [0, 0.05) is 12.6 Å². The van der Waals surface area contributed by atoms with Crippen LogP contribution in [0.15, 0.2) is 18.2 Å². The number of hydrogen-bond acceptors (Lipinski definition) is 10. The van der Waals surface area contributed by atoms with Crippen molar-refractivity contribution < 1.29 is 33.2 Å². The summed E-state index contributed by atoms with van der Waals surface area (Å²) in [5.74, 6) is 0. The summed E-state index contributed by atoms with van der Waals surface area (Å²) in [4.78, 5) is 20.5. The molecule has 0 saturated carbocycles. The largest absolute Gasteiger partial charge is 0.415 e. The molecule has 32 heavy (non-hydrogen) atoms. The molecule has 0 amide bonds. The number of ether oxygens (including phenoxy) is 4.